The third-order valence-electron chi connectivity index (χ3n) is 4.54. The summed E-state index contributed by atoms with van der Waals surface area (Å²) >= 11 is 0. The molecule has 1 heterocycles. The van der Waals surface area contributed by atoms with E-state index in [9.17, 15) is 9.59 Å². The van der Waals surface area contributed by atoms with Gasteiger partial charge in [-0.05, 0) is 37.0 Å². The molecule has 0 radical (unpaired) electrons. The van der Waals surface area contributed by atoms with Crippen molar-refractivity contribution in [2.75, 3.05) is 6.54 Å². The molecule has 1 N–H and O–H groups in total. The maximum Gasteiger partial charge on any atom is 0.245 e. The first-order valence-corrected chi connectivity index (χ1v) is 8.04. The molecule has 2 fully saturated rings. The molecule has 2 aliphatic rings. The monoisotopic (exact) mass is 280 g/mol. The van der Waals surface area contributed by atoms with Crippen LogP contribution in [-0.2, 0) is 9.59 Å². The molecule has 0 aromatic heterocycles. The van der Waals surface area contributed by atoms with Crippen molar-refractivity contribution in [2.45, 2.75) is 65.5 Å². The second-order valence-electron chi connectivity index (χ2n) is 6.96. The van der Waals surface area contributed by atoms with E-state index < -0.39 is 0 Å². The van der Waals surface area contributed by atoms with E-state index in [4.69, 9.17) is 0 Å². The van der Waals surface area contributed by atoms with E-state index in [0.717, 1.165) is 19.4 Å². The summed E-state index contributed by atoms with van der Waals surface area (Å²) in [7, 11) is 0. The number of hydrogen-bond donors (Lipinski definition) is 1. The van der Waals surface area contributed by atoms with Crippen LogP contribution in [0.15, 0.2) is 0 Å². The Morgan fingerprint density at radius 2 is 1.90 bits per heavy atom. The molecule has 0 aromatic rings. The molecular weight excluding hydrogens is 252 g/mol. The van der Waals surface area contributed by atoms with Crippen LogP contribution < -0.4 is 5.32 Å². The highest BCUT2D eigenvalue weighted by atomic mass is 16.2. The minimum atomic E-state index is -0.318. The predicted octanol–water partition coefficient (Wildman–Crippen LogP) is 2.18. The normalized spacial score (nSPS) is 28.8. The number of amides is 2. The van der Waals surface area contributed by atoms with Gasteiger partial charge in [-0.15, -0.1) is 0 Å². The molecule has 114 valence electrons. The molecule has 0 spiro atoms. The van der Waals surface area contributed by atoms with Crippen molar-refractivity contribution in [2.24, 2.45) is 17.8 Å². The molecule has 4 nitrogen and oxygen atoms in total. The lowest BCUT2D eigenvalue weighted by Gasteiger charge is -2.42. The van der Waals surface area contributed by atoms with Gasteiger partial charge in [0.15, 0.2) is 0 Å². The zero-order valence-corrected chi connectivity index (χ0v) is 13.2. The summed E-state index contributed by atoms with van der Waals surface area (Å²) in [5, 5.41) is 2.96. The first-order chi connectivity index (χ1) is 9.43. The van der Waals surface area contributed by atoms with Crippen LogP contribution in [0.4, 0.5) is 0 Å². The Balaban J connectivity index is 2.16. The Bertz CT molecular complexity index is 377. The van der Waals surface area contributed by atoms with Crippen LogP contribution in [0.3, 0.4) is 0 Å². The zero-order valence-electron chi connectivity index (χ0n) is 13.2. The number of carbonyl (C=O) groups excluding carboxylic acids is 2. The van der Waals surface area contributed by atoms with Crippen molar-refractivity contribution in [3.05, 3.63) is 0 Å². The highest BCUT2D eigenvalue weighted by molar-refractivity contribution is 5.97. The van der Waals surface area contributed by atoms with Crippen molar-refractivity contribution >= 4 is 11.8 Å². The van der Waals surface area contributed by atoms with Crippen molar-refractivity contribution in [1.82, 2.24) is 10.2 Å². The quantitative estimate of drug-likeness (QED) is 0.811. The summed E-state index contributed by atoms with van der Waals surface area (Å²) in [4.78, 5) is 27.0. The molecule has 4 heteroatoms. The van der Waals surface area contributed by atoms with Crippen LogP contribution in [0.2, 0.25) is 0 Å². The van der Waals surface area contributed by atoms with Gasteiger partial charge in [0.25, 0.3) is 0 Å². The summed E-state index contributed by atoms with van der Waals surface area (Å²) < 4.78 is 0. The largest absolute Gasteiger partial charge is 0.342 e. The van der Waals surface area contributed by atoms with E-state index in [0.29, 0.717) is 11.8 Å². The molecule has 1 saturated heterocycles. The van der Waals surface area contributed by atoms with Crippen LogP contribution >= 0.6 is 0 Å². The lowest BCUT2D eigenvalue weighted by Crippen LogP contribution is -2.65. The van der Waals surface area contributed by atoms with Gasteiger partial charge in [0.1, 0.15) is 12.1 Å². The van der Waals surface area contributed by atoms with Gasteiger partial charge in [0.05, 0.1) is 0 Å². The number of piperazine rings is 1. The maximum atomic E-state index is 12.7. The van der Waals surface area contributed by atoms with Gasteiger partial charge in [0.2, 0.25) is 11.8 Å². The first kappa shape index (κ1) is 15.3. The van der Waals surface area contributed by atoms with Crippen LogP contribution in [0.5, 0.6) is 0 Å². The average Bonchev–Trinajstić information content (AvgIpc) is 3.18. The SMILES string of the molecule is CCC(C)C1C(=O)NC(CC(C)C)C(=O)N1CC1CC1. The molecule has 2 amide bonds. The molecule has 20 heavy (non-hydrogen) atoms. The second-order valence-corrected chi connectivity index (χ2v) is 6.96. The van der Waals surface area contributed by atoms with Gasteiger partial charge < -0.3 is 10.2 Å². The smallest absolute Gasteiger partial charge is 0.245 e. The van der Waals surface area contributed by atoms with Gasteiger partial charge in [-0.1, -0.05) is 34.1 Å². The van der Waals surface area contributed by atoms with Crippen molar-refractivity contribution in [1.29, 1.82) is 0 Å². The molecule has 1 aliphatic carbocycles. The molecular formula is C16H28N2O2. The molecule has 1 saturated carbocycles. The number of rotatable bonds is 6. The van der Waals surface area contributed by atoms with Crippen LogP contribution in [0.1, 0.15) is 53.4 Å². The molecule has 3 unspecified atom stereocenters. The number of nitrogens with zero attached hydrogens (tertiary/aromatic N) is 1. The van der Waals surface area contributed by atoms with E-state index in [1.165, 1.54) is 12.8 Å². The van der Waals surface area contributed by atoms with Crippen LogP contribution in [-0.4, -0.2) is 35.3 Å². The summed E-state index contributed by atoms with van der Waals surface area (Å²) in [6.07, 6.45) is 4.06. The zero-order chi connectivity index (χ0) is 14.9. The summed E-state index contributed by atoms with van der Waals surface area (Å²) in [5.74, 6) is 1.43. The van der Waals surface area contributed by atoms with Crippen molar-refractivity contribution in [3.63, 3.8) is 0 Å². The van der Waals surface area contributed by atoms with Gasteiger partial charge >= 0.3 is 0 Å². The lowest BCUT2D eigenvalue weighted by atomic mass is 9.91. The Labute approximate surface area is 122 Å². The van der Waals surface area contributed by atoms with E-state index >= 15 is 0 Å². The Kier molecular flexibility index (Phi) is 4.71. The second kappa shape index (κ2) is 6.15. The fourth-order valence-electron chi connectivity index (χ4n) is 3.00. The standard InChI is InChI=1S/C16H28N2O2/c1-5-11(4)14-15(19)17-13(8-10(2)3)16(20)18(14)9-12-6-7-12/h10-14H,5-9H2,1-4H3,(H,17,19). The van der Waals surface area contributed by atoms with Crippen molar-refractivity contribution < 1.29 is 9.59 Å². The first-order valence-electron chi connectivity index (χ1n) is 8.04. The predicted molar refractivity (Wildman–Crippen MR) is 79.1 cm³/mol. The van der Waals surface area contributed by atoms with Gasteiger partial charge in [-0.2, -0.15) is 0 Å². The Morgan fingerprint density at radius 3 is 2.40 bits per heavy atom. The Morgan fingerprint density at radius 1 is 1.25 bits per heavy atom. The number of hydrogen-bond acceptors (Lipinski definition) is 2. The fraction of sp³-hybridized carbons (Fsp3) is 0.875. The Hall–Kier alpha value is -1.06. The topological polar surface area (TPSA) is 49.4 Å². The van der Waals surface area contributed by atoms with Crippen LogP contribution in [0, 0.1) is 17.8 Å². The molecule has 1 aliphatic heterocycles. The molecule has 3 atom stereocenters. The van der Waals surface area contributed by atoms with E-state index in [2.05, 4.69) is 33.0 Å². The van der Waals surface area contributed by atoms with Gasteiger partial charge in [-0.25, -0.2) is 0 Å². The maximum absolute atomic E-state index is 12.7. The minimum absolute atomic E-state index is 0.0465. The van der Waals surface area contributed by atoms with E-state index in [1.807, 2.05) is 4.90 Å². The third-order valence-corrected chi connectivity index (χ3v) is 4.54. The summed E-state index contributed by atoms with van der Waals surface area (Å²) in [5.41, 5.74) is 0. The highest BCUT2D eigenvalue weighted by Crippen LogP contribution is 2.33. The minimum Gasteiger partial charge on any atom is -0.342 e. The third kappa shape index (κ3) is 3.33. The fourth-order valence-corrected chi connectivity index (χ4v) is 3.00. The number of carbonyl (C=O) groups is 2. The van der Waals surface area contributed by atoms with E-state index in [1.54, 1.807) is 0 Å². The lowest BCUT2D eigenvalue weighted by molar-refractivity contribution is -0.152. The summed E-state index contributed by atoms with van der Waals surface area (Å²) in [6.45, 7) is 9.10. The number of nitrogens with one attached hydrogen (secondary N) is 1. The van der Waals surface area contributed by atoms with Gasteiger partial charge in [0, 0.05) is 6.54 Å². The average molecular weight is 280 g/mol. The molecule has 0 aromatic carbocycles. The molecule has 2 rings (SSSR count). The highest BCUT2D eigenvalue weighted by Gasteiger charge is 2.44. The van der Waals surface area contributed by atoms with Crippen LogP contribution in [0.25, 0.3) is 0 Å². The van der Waals surface area contributed by atoms with E-state index in [-0.39, 0.29) is 29.8 Å². The van der Waals surface area contributed by atoms with Gasteiger partial charge in [-0.3, -0.25) is 9.59 Å². The molecule has 0 bridgehead atoms. The van der Waals surface area contributed by atoms with Crippen molar-refractivity contribution in [3.8, 4) is 0 Å². The summed E-state index contributed by atoms with van der Waals surface area (Å²) in [6, 6.07) is -0.585.